The van der Waals surface area contributed by atoms with Gasteiger partial charge in [0, 0.05) is 5.92 Å². The van der Waals surface area contributed by atoms with Crippen molar-refractivity contribution in [1.29, 1.82) is 0 Å². The van der Waals surface area contributed by atoms with Gasteiger partial charge in [0.2, 0.25) is 0 Å². The van der Waals surface area contributed by atoms with Crippen LogP contribution < -0.4 is 0 Å². The van der Waals surface area contributed by atoms with Gasteiger partial charge < -0.3 is 4.74 Å². The molecule has 1 atom stereocenters. The molecule has 0 aliphatic rings. The number of carbonyl (C=O) groups is 2. The van der Waals surface area contributed by atoms with Gasteiger partial charge in [0.15, 0.2) is 0 Å². The lowest BCUT2D eigenvalue weighted by Crippen LogP contribution is -2.16. The van der Waals surface area contributed by atoms with Crippen LogP contribution in [-0.2, 0) is 14.3 Å². The van der Waals surface area contributed by atoms with Crippen LogP contribution in [0.25, 0.3) is 0 Å². The van der Waals surface area contributed by atoms with Gasteiger partial charge in [-0.3, -0.25) is 9.59 Å². The Morgan fingerprint density at radius 2 is 2.00 bits per heavy atom. The Labute approximate surface area is 73.1 Å². The maximum absolute atomic E-state index is 11.2. The zero-order chi connectivity index (χ0) is 9.56. The van der Waals surface area contributed by atoms with Crippen LogP contribution in [0.1, 0.15) is 33.1 Å². The Hall–Kier alpha value is -0.860. The van der Waals surface area contributed by atoms with Gasteiger partial charge in [0.25, 0.3) is 0 Å². The van der Waals surface area contributed by atoms with Crippen LogP contribution in [0.5, 0.6) is 0 Å². The SMILES string of the molecule is CCC[C@@H](C)C(=O)CC(=O)OC. The molecule has 0 rings (SSSR count). The van der Waals surface area contributed by atoms with Crippen molar-refractivity contribution in [2.75, 3.05) is 7.11 Å². The highest BCUT2D eigenvalue weighted by molar-refractivity contribution is 5.96. The second kappa shape index (κ2) is 5.75. The summed E-state index contributed by atoms with van der Waals surface area (Å²) in [7, 11) is 1.29. The van der Waals surface area contributed by atoms with Crippen LogP contribution in [0.15, 0.2) is 0 Å². The number of hydrogen-bond donors (Lipinski definition) is 0. The van der Waals surface area contributed by atoms with E-state index in [4.69, 9.17) is 0 Å². The van der Waals surface area contributed by atoms with Gasteiger partial charge in [-0.05, 0) is 6.42 Å². The lowest BCUT2D eigenvalue weighted by Gasteiger charge is -2.06. The van der Waals surface area contributed by atoms with Crippen molar-refractivity contribution in [2.45, 2.75) is 33.1 Å². The Morgan fingerprint density at radius 1 is 1.42 bits per heavy atom. The number of Topliss-reactive ketones (excluding diaryl/α,β-unsaturated/α-hetero) is 1. The van der Waals surface area contributed by atoms with E-state index in [-0.39, 0.29) is 18.1 Å². The number of ether oxygens (including phenoxy) is 1. The Balaban J connectivity index is 3.78. The molecule has 0 N–H and O–H groups in total. The Morgan fingerprint density at radius 3 is 2.42 bits per heavy atom. The smallest absolute Gasteiger partial charge is 0.313 e. The molecule has 0 aliphatic heterocycles. The van der Waals surface area contributed by atoms with E-state index in [2.05, 4.69) is 4.74 Å². The molecule has 3 heteroatoms. The minimum absolute atomic E-state index is 0.0194. The van der Waals surface area contributed by atoms with Crippen molar-refractivity contribution >= 4 is 11.8 Å². The molecule has 0 aliphatic carbocycles. The molecule has 0 heterocycles. The number of rotatable bonds is 5. The third-order valence-corrected chi connectivity index (χ3v) is 1.82. The fourth-order valence-corrected chi connectivity index (χ4v) is 0.983. The lowest BCUT2D eigenvalue weighted by atomic mass is 9.99. The van der Waals surface area contributed by atoms with E-state index >= 15 is 0 Å². The molecule has 0 radical (unpaired) electrons. The van der Waals surface area contributed by atoms with Crippen molar-refractivity contribution in [3.8, 4) is 0 Å². The zero-order valence-electron chi connectivity index (χ0n) is 7.92. The minimum Gasteiger partial charge on any atom is -0.469 e. The van der Waals surface area contributed by atoms with Gasteiger partial charge in [-0.1, -0.05) is 20.3 Å². The maximum atomic E-state index is 11.2. The fourth-order valence-electron chi connectivity index (χ4n) is 0.983. The second-order valence-corrected chi connectivity index (χ2v) is 2.91. The van der Waals surface area contributed by atoms with E-state index < -0.39 is 5.97 Å². The summed E-state index contributed by atoms with van der Waals surface area (Å²) in [5.74, 6) is -0.485. The highest BCUT2D eigenvalue weighted by atomic mass is 16.5. The first-order chi connectivity index (χ1) is 5.61. The van der Waals surface area contributed by atoms with E-state index in [1.54, 1.807) is 0 Å². The molecule has 12 heavy (non-hydrogen) atoms. The van der Waals surface area contributed by atoms with Crippen LogP contribution in [0.4, 0.5) is 0 Å². The molecule has 0 unspecified atom stereocenters. The van der Waals surface area contributed by atoms with Crippen LogP contribution in [0, 0.1) is 5.92 Å². The second-order valence-electron chi connectivity index (χ2n) is 2.91. The quantitative estimate of drug-likeness (QED) is 0.467. The summed E-state index contributed by atoms with van der Waals surface area (Å²) in [4.78, 5) is 21.9. The number of methoxy groups -OCH3 is 1. The number of esters is 1. The van der Waals surface area contributed by atoms with E-state index in [0.29, 0.717) is 0 Å². The highest BCUT2D eigenvalue weighted by Crippen LogP contribution is 2.08. The fraction of sp³-hybridized carbons (Fsp3) is 0.778. The predicted octanol–water partition coefficient (Wildman–Crippen LogP) is 1.55. The topological polar surface area (TPSA) is 43.4 Å². The molecule has 0 spiro atoms. The minimum atomic E-state index is -0.442. The third-order valence-electron chi connectivity index (χ3n) is 1.82. The van der Waals surface area contributed by atoms with Gasteiger partial charge >= 0.3 is 5.97 Å². The van der Waals surface area contributed by atoms with E-state index in [1.807, 2.05) is 13.8 Å². The summed E-state index contributed by atoms with van der Waals surface area (Å²) in [6.07, 6.45) is 1.72. The lowest BCUT2D eigenvalue weighted by molar-refractivity contribution is -0.144. The summed E-state index contributed by atoms with van der Waals surface area (Å²) < 4.78 is 4.39. The van der Waals surface area contributed by atoms with Gasteiger partial charge in [0.05, 0.1) is 7.11 Å². The highest BCUT2D eigenvalue weighted by Gasteiger charge is 2.15. The molecule has 0 aromatic carbocycles. The first kappa shape index (κ1) is 11.1. The molecule has 0 saturated carbocycles. The molecule has 70 valence electrons. The van der Waals surface area contributed by atoms with E-state index in [9.17, 15) is 9.59 Å². The van der Waals surface area contributed by atoms with E-state index in [0.717, 1.165) is 12.8 Å². The zero-order valence-corrected chi connectivity index (χ0v) is 7.92. The molecule has 0 aromatic rings. The summed E-state index contributed by atoms with van der Waals surface area (Å²) in [5.41, 5.74) is 0. The van der Waals surface area contributed by atoms with Gasteiger partial charge in [-0.2, -0.15) is 0 Å². The van der Waals surface area contributed by atoms with Crippen molar-refractivity contribution in [3.05, 3.63) is 0 Å². The van der Waals surface area contributed by atoms with Crippen molar-refractivity contribution < 1.29 is 14.3 Å². The summed E-state index contributed by atoms with van der Waals surface area (Å²) in [5, 5.41) is 0. The third kappa shape index (κ3) is 4.11. The largest absolute Gasteiger partial charge is 0.469 e. The van der Waals surface area contributed by atoms with E-state index in [1.165, 1.54) is 7.11 Å². The van der Waals surface area contributed by atoms with Crippen LogP contribution in [-0.4, -0.2) is 18.9 Å². The normalized spacial score (nSPS) is 12.2. The molecule has 0 fully saturated rings. The average Bonchev–Trinajstić information content (AvgIpc) is 2.04. The van der Waals surface area contributed by atoms with Gasteiger partial charge in [0.1, 0.15) is 12.2 Å². The summed E-state index contributed by atoms with van der Waals surface area (Å²) in [6, 6.07) is 0. The molecule has 0 aromatic heterocycles. The molecular formula is C9H16O3. The van der Waals surface area contributed by atoms with Gasteiger partial charge in [-0.25, -0.2) is 0 Å². The monoisotopic (exact) mass is 172 g/mol. The average molecular weight is 172 g/mol. The van der Waals surface area contributed by atoms with Crippen LogP contribution in [0.3, 0.4) is 0 Å². The Kier molecular flexibility index (Phi) is 5.34. The standard InChI is InChI=1S/C9H16O3/c1-4-5-7(2)8(10)6-9(11)12-3/h7H,4-6H2,1-3H3/t7-/m1/s1. The van der Waals surface area contributed by atoms with Crippen molar-refractivity contribution in [3.63, 3.8) is 0 Å². The first-order valence-corrected chi connectivity index (χ1v) is 4.21. The van der Waals surface area contributed by atoms with Crippen molar-refractivity contribution in [1.82, 2.24) is 0 Å². The number of hydrogen-bond acceptors (Lipinski definition) is 3. The molecule has 0 saturated heterocycles. The summed E-state index contributed by atoms with van der Waals surface area (Å²) >= 11 is 0. The molecule has 0 amide bonds. The number of carbonyl (C=O) groups excluding carboxylic acids is 2. The van der Waals surface area contributed by atoms with Crippen LogP contribution in [0.2, 0.25) is 0 Å². The van der Waals surface area contributed by atoms with Crippen LogP contribution >= 0.6 is 0 Å². The molecule has 0 bridgehead atoms. The Bertz CT molecular complexity index is 163. The number of ketones is 1. The van der Waals surface area contributed by atoms with Crippen molar-refractivity contribution in [2.24, 2.45) is 5.92 Å². The summed E-state index contributed by atoms with van der Waals surface area (Å²) in [6.45, 7) is 3.86. The predicted molar refractivity (Wildman–Crippen MR) is 45.7 cm³/mol. The molecular weight excluding hydrogens is 156 g/mol. The first-order valence-electron chi connectivity index (χ1n) is 4.21. The maximum Gasteiger partial charge on any atom is 0.313 e. The van der Waals surface area contributed by atoms with Gasteiger partial charge in [-0.15, -0.1) is 0 Å². The molecule has 3 nitrogen and oxygen atoms in total.